The zero-order valence-corrected chi connectivity index (χ0v) is 25.6. The van der Waals surface area contributed by atoms with E-state index in [1.54, 1.807) is 0 Å². The number of allylic oxidation sites excluding steroid dienone is 2. The second-order valence-electron chi connectivity index (χ2n) is 11.1. The molecule has 3 aromatic rings. The number of anilines is 2. The average molecular weight is 614 g/mol. The summed E-state index contributed by atoms with van der Waals surface area (Å²) in [6.07, 6.45) is 9.18. The summed E-state index contributed by atoms with van der Waals surface area (Å²) in [4.78, 5) is 41.7. The second kappa shape index (κ2) is 13.5. The van der Waals surface area contributed by atoms with Crippen molar-refractivity contribution in [3.63, 3.8) is 0 Å². The smallest absolute Gasteiger partial charge is 0.339 e. The van der Waals surface area contributed by atoms with Crippen molar-refractivity contribution in [3.8, 4) is 5.75 Å². The van der Waals surface area contributed by atoms with Gasteiger partial charge in [-0.05, 0) is 73.6 Å². The van der Waals surface area contributed by atoms with E-state index in [2.05, 4.69) is 10.3 Å². The molecule has 228 valence electrons. The number of hydrogen-bond acceptors (Lipinski definition) is 6. The lowest BCUT2D eigenvalue weighted by molar-refractivity contribution is -0.123. The third-order valence-corrected chi connectivity index (χ3v) is 8.60. The summed E-state index contributed by atoms with van der Waals surface area (Å²) in [7, 11) is 1.37. The zero-order valence-electron chi connectivity index (χ0n) is 24.9. The molecule has 3 aromatic carbocycles. The number of piperidine rings is 1. The van der Waals surface area contributed by atoms with Gasteiger partial charge in [0, 0.05) is 18.1 Å². The highest BCUT2D eigenvalue weighted by Gasteiger charge is 2.38. The monoisotopic (exact) mass is 613 g/mol. The number of ether oxygens (including phenoxy) is 1. The largest absolute Gasteiger partial charge is 0.496 e. The number of carbonyl (C=O) groups excluding carboxylic acids is 2. The number of hydrazine groups is 1. The van der Waals surface area contributed by atoms with Gasteiger partial charge in [-0.25, -0.2) is 15.2 Å². The van der Waals surface area contributed by atoms with Gasteiger partial charge < -0.3 is 14.7 Å². The quantitative estimate of drug-likeness (QED) is 0.252. The van der Waals surface area contributed by atoms with Crippen molar-refractivity contribution >= 4 is 46.2 Å². The Morgan fingerprint density at radius 2 is 1.73 bits per heavy atom. The molecular formula is C35H36ClN3O5. The molecule has 2 N–H and O–H groups in total. The van der Waals surface area contributed by atoms with E-state index in [-0.39, 0.29) is 34.4 Å². The van der Waals surface area contributed by atoms with Crippen molar-refractivity contribution in [3.05, 3.63) is 107 Å². The van der Waals surface area contributed by atoms with Crippen LogP contribution in [-0.4, -0.2) is 48.5 Å². The Balaban J connectivity index is 1.54. The number of carboxylic acids is 1. The van der Waals surface area contributed by atoms with Crippen LogP contribution in [0, 0.1) is 0 Å². The molecule has 1 amide bonds. The maximum Gasteiger partial charge on any atom is 0.339 e. The van der Waals surface area contributed by atoms with E-state index < -0.39 is 11.5 Å². The third kappa shape index (κ3) is 6.56. The molecule has 0 aromatic heterocycles. The van der Waals surface area contributed by atoms with Crippen molar-refractivity contribution in [2.24, 2.45) is 0 Å². The van der Waals surface area contributed by atoms with Crippen LogP contribution < -0.4 is 20.1 Å². The number of hydrogen-bond donors (Lipinski definition) is 2. The van der Waals surface area contributed by atoms with E-state index in [1.807, 2.05) is 72.8 Å². The highest BCUT2D eigenvalue weighted by molar-refractivity contribution is 6.32. The van der Waals surface area contributed by atoms with E-state index >= 15 is 0 Å². The van der Waals surface area contributed by atoms with Crippen molar-refractivity contribution in [1.29, 1.82) is 0 Å². The number of para-hydroxylation sites is 2. The Bertz CT molecular complexity index is 1610. The van der Waals surface area contributed by atoms with Gasteiger partial charge in [-0.15, -0.1) is 0 Å². The predicted octanol–water partition coefficient (Wildman–Crippen LogP) is 6.49. The number of Topliss-reactive ketones (excluding diaryl/α,β-unsaturated/α-hetero) is 1. The lowest BCUT2D eigenvalue weighted by atomic mass is 9.84. The molecule has 1 heterocycles. The number of benzene rings is 3. The molecule has 8 nitrogen and oxygen atoms in total. The number of nitrogens with one attached hydrogen (secondary N) is 1. The average Bonchev–Trinajstić information content (AvgIpc) is 3.05. The Morgan fingerprint density at radius 3 is 2.36 bits per heavy atom. The fourth-order valence-electron chi connectivity index (χ4n) is 5.73. The van der Waals surface area contributed by atoms with Crippen molar-refractivity contribution < 1.29 is 24.2 Å². The van der Waals surface area contributed by atoms with Gasteiger partial charge in [0.2, 0.25) is 5.91 Å². The molecule has 0 bridgehead atoms. The van der Waals surface area contributed by atoms with Gasteiger partial charge in [0.15, 0.2) is 5.78 Å². The van der Waals surface area contributed by atoms with E-state index in [9.17, 15) is 19.5 Å². The number of aromatic carboxylic acids is 1. The highest BCUT2D eigenvalue weighted by Crippen LogP contribution is 2.35. The first-order valence-corrected chi connectivity index (χ1v) is 15.1. The van der Waals surface area contributed by atoms with Gasteiger partial charge in [0.25, 0.3) is 0 Å². The summed E-state index contributed by atoms with van der Waals surface area (Å²) in [5, 5.41) is 11.2. The predicted molar refractivity (Wildman–Crippen MR) is 173 cm³/mol. The maximum atomic E-state index is 14.3. The van der Waals surface area contributed by atoms with Crippen LogP contribution in [0.25, 0.3) is 5.57 Å². The summed E-state index contributed by atoms with van der Waals surface area (Å²) in [6.45, 7) is 3.24. The fraction of sp³-hybridized carbons (Fsp3) is 0.286. The van der Waals surface area contributed by atoms with Crippen LogP contribution in [0.3, 0.4) is 0 Å². The maximum absolute atomic E-state index is 14.3. The molecule has 1 fully saturated rings. The van der Waals surface area contributed by atoms with Crippen LogP contribution >= 0.6 is 11.6 Å². The number of carboxylic acid groups (broad SMARTS) is 1. The number of rotatable bonds is 10. The Labute approximate surface area is 262 Å². The molecular weight excluding hydrogens is 578 g/mol. The molecule has 0 saturated carbocycles. The Hall–Kier alpha value is -4.40. The number of methoxy groups -OCH3 is 1. The molecule has 9 heteroatoms. The van der Waals surface area contributed by atoms with Crippen LogP contribution in [0.5, 0.6) is 5.75 Å². The van der Waals surface area contributed by atoms with E-state index in [1.165, 1.54) is 31.2 Å². The van der Waals surface area contributed by atoms with Crippen molar-refractivity contribution in [2.45, 2.75) is 44.6 Å². The lowest BCUT2D eigenvalue weighted by Crippen LogP contribution is -2.60. The van der Waals surface area contributed by atoms with Gasteiger partial charge in [-0.2, -0.15) is 0 Å². The zero-order chi connectivity index (χ0) is 31.3. The molecule has 1 saturated heterocycles. The lowest BCUT2D eigenvalue weighted by Gasteiger charge is -2.39. The number of ketones is 1. The fourth-order valence-corrected chi connectivity index (χ4v) is 5.96. The van der Waals surface area contributed by atoms with Crippen LogP contribution in [0.2, 0.25) is 5.02 Å². The minimum Gasteiger partial charge on any atom is -0.496 e. The molecule has 44 heavy (non-hydrogen) atoms. The molecule has 5 rings (SSSR count). The molecule has 2 aliphatic rings. The van der Waals surface area contributed by atoms with Crippen LogP contribution in [0.15, 0.2) is 85.0 Å². The van der Waals surface area contributed by atoms with Gasteiger partial charge >= 0.3 is 5.97 Å². The molecule has 0 radical (unpaired) electrons. The molecule has 1 aliphatic heterocycles. The normalized spacial score (nSPS) is 18.0. The summed E-state index contributed by atoms with van der Waals surface area (Å²) < 4.78 is 5.30. The SMILES string of the molecule is COc1cc(CC(=O)N(NC2(C(C)=O)C=CC(c3ccccc3)=CC2)c2ccccc2N2CCCCC2)c(Cl)cc1C(=O)O. The topological polar surface area (TPSA) is 99.2 Å². The first-order valence-electron chi connectivity index (χ1n) is 14.7. The summed E-state index contributed by atoms with van der Waals surface area (Å²) in [5.41, 5.74) is 6.01. The van der Waals surface area contributed by atoms with Gasteiger partial charge in [-0.1, -0.05) is 72.3 Å². The van der Waals surface area contributed by atoms with Gasteiger partial charge in [0.1, 0.15) is 16.9 Å². The molecule has 1 atom stereocenters. The highest BCUT2D eigenvalue weighted by atomic mass is 35.5. The van der Waals surface area contributed by atoms with E-state index in [0.29, 0.717) is 17.7 Å². The Morgan fingerprint density at radius 1 is 1.02 bits per heavy atom. The van der Waals surface area contributed by atoms with E-state index in [0.717, 1.165) is 49.2 Å². The summed E-state index contributed by atoms with van der Waals surface area (Å²) in [6, 6.07) is 20.4. The van der Waals surface area contributed by atoms with E-state index in [4.69, 9.17) is 16.3 Å². The van der Waals surface area contributed by atoms with Gasteiger partial charge in [-0.3, -0.25) is 9.59 Å². The second-order valence-corrected chi connectivity index (χ2v) is 11.5. The molecule has 0 spiro atoms. The third-order valence-electron chi connectivity index (χ3n) is 8.25. The first-order chi connectivity index (χ1) is 21.2. The number of carbonyl (C=O) groups is 3. The minimum atomic E-state index is -1.18. The number of nitrogens with zero attached hydrogens (tertiary/aromatic N) is 2. The van der Waals surface area contributed by atoms with Crippen LogP contribution in [0.1, 0.15) is 54.1 Å². The van der Waals surface area contributed by atoms with Crippen molar-refractivity contribution in [2.75, 3.05) is 30.1 Å². The minimum absolute atomic E-state index is 0.0944. The summed E-state index contributed by atoms with van der Waals surface area (Å²) >= 11 is 6.50. The summed E-state index contributed by atoms with van der Waals surface area (Å²) in [5.74, 6) is -1.59. The first kappa shape index (κ1) is 31.0. The standard InChI is InChI=1S/C35H36ClN3O5/c1-24(40)35(17-15-26(16-18-35)25-11-5-3-6-12-25)37-39(31-14-8-7-13-30(31)38-19-9-4-10-20-38)33(41)22-27-21-32(44-2)28(34(42)43)23-29(27)36/h3,5-8,11-17,21,23,37H,4,9-10,18-20,22H2,1-2H3,(H,42,43). The van der Waals surface area contributed by atoms with Crippen molar-refractivity contribution in [1.82, 2.24) is 5.43 Å². The molecule has 1 unspecified atom stereocenters. The van der Waals surface area contributed by atoms with Crippen LogP contribution in [0.4, 0.5) is 11.4 Å². The Kier molecular flexibility index (Phi) is 9.52. The molecule has 1 aliphatic carbocycles. The van der Waals surface area contributed by atoms with Crippen LogP contribution in [-0.2, 0) is 16.0 Å². The number of amides is 1. The van der Waals surface area contributed by atoms with Gasteiger partial charge in [0.05, 0.1) is 24.9 Å². The number of halogens is 1.